The number of hydrogen-bond acceptors (Lipinski definition) is 3. The van der Waals surface area contributed by atoms with Gasteiger partial charge in [-0.15, -0.1) is 5.10 Å². The first-order chi connectivity index (χ1) is 6.77. The van der Waals surface area contributed by atoms with E-state index < -0.39 is 0 Å². The lowest BCUT2D eigenvalue weighted by Crippen LogP contribution is -2.25. The summed E-state index contributed by atoms with van der Waals surface area (Å²) in [5.41, 5.74) is 0. The zero-order valence-corrected chi connectivity index (χ0v) is 8.63. The van der Waals surface area contributed by atoms with E-state index in [0.29, 0.717) is 6.54 Å². The smallest absolute Gasteiger partial charge is 0.290 e. The molecule has 0 atom stereocenters. The van der Waals surface area contributed by atoms with E-state index in [4.69, 9.17) is 0 Å². The van der Waals surface area contributed by atoms with Gasteiger partial charge in [0.15, 0.2) is 0 Å². The van der Waals surface area contributed by atoms with Crippen LogP contribution in [0.2, 0.25) is 0 Å². The average Bonchev–Trinajstić information content (AvgIpc) is 2.66. The second kappa shape index (κ2) is 5.36. The van der Waals surface area contributed by atoms with Crippen LogP contribution < -0.4 is 5.32 Å². The molecule has 14 heavy (non-hydrogen) atoms. The minimum absolute atomic E-state index is 0.200. The van der Waals surface area contributed by atoms with Gasteiger partial charge in [0.1, 0.15) is 5.82 Å². The van der Waals surface area contributed by atoms with Gasteiger partial charge in [0.25, 0.3) is 5.91 Å². The first kappa shape index (κ1) is 10.7. The number of aryl methyl sites for hydroxylation is 1. The quantitative estimate of drug-likeness (QED) is 0.687. The van der Waals surface area contributed by atoms with Crippen LogP contribution in [-0.2, 0) is 6.42 Å². The Bertz CT molecular complexity index is 295. The van der Waals surface area contributed by atoms with Gasteiger partial charge < -0.3 is 5.32 Å². The van der Waals surface area contributed by atoms with Crippen molar-refractivity contribution in [2.24, 2.45) is 0 Å². The molecule has 78 valence electrons. The second-order valence-corrected chi connectivity index (χ2v) is 3.07. The Hall–Kier alpha value is -1.39. The minimum Gasteiger partial charge on any atom is -0.349 e. The number of nitrogens with one attached hydrogen (secondary N) is 2. The maximum absolute atomic E-state index is 11.4. The van der Waals surface area contributed by atoms with Crippen LogP contribution in [0.4, 0.5) is 0 Å². The first-order valence-corrected chi connectivity index (χ1v) is 4.97. The summed E-state index contributed by atoms with van der Waals surface area (Å²) < 4.78 is 0. The second-order valence-electron chi connectivity index (χ2n) is 3.07. The third kappa shape index (κ3) is 2.83. The van der Waals surface area contributed by atoms with Crippen LogP contribution in [0.15, 0.2) is 0 Å². The lowest BCUT2D eigenvalue weighted by Gasteiger charge is -1.99. The number of aromatic nitrogens is 3. The SMILES string of the molecule is CCCCNC(=O)c1n[nH]c(CC)n1. The molecule has 0 saturated heterocycles. The van der Waals surface area contributed by atoms with Gasteiger partial charge in [-0.1, -0.05) is 20.3 Å². The molecule has 0 spiro atoms. The van der Waals surface area contributed by atoms with Gasteiger partial charge >= 0.3 is 0 Å². The lowest BCUT2D eigenvalue weighted by molar-refractivity contribution is 0.0943. The number of unbranched alkanes of at least 4 members (excludes halogenated alkanes) is 1. The maximum atomic E-state index is 11.4. The highest BCUT2D eigenvalue weighted by molar-refractivity contribution is 5.90. The van der Waals surface area contributed by atoms with Crippen LogP contribution in [0.1, 0.15) is 43.1 Å². The van der Waals surface area contributed by atoms with Gasteiger partial charge in [0.2, 0.25) is 5.82 Å². The van der Waals surface area contributed by atoms with Crippen molar-refractivity contribution in [1.29, 1.82) is 0 Å². The molecule has 0 aliphatic heterocycles. The average molecular weight is 196 g/mol. The number of H-pyrrole nitrogens is 1. The molecule has 0 bridgehead atoms. The van der Waals surface area contributed by atoms with Crippen molar-refractivity contribution in [1.82, 2.24) is 20.5 Å². The zero-order chi connectivity index (χ0) is 10.4. The van der Waals surface area contributed by atoms with E-state index in [1.54, 1.807) is 0 Å². The molecule has 1 heterocycles. The van der Waals surface area contributed by atoms with Crippen molar-refractivity contribution in [2.45, 2.75) is 33.1 Å². The summed E-state index contributed by atoms with van der Waals surface area (Å²) in [6.07, 6.45) is 2.81. The summed E-state index contributed by atoms with van der Waals surface area (Å²) in [6, 6.07) is 0. The van der Waals surface area contributed by atoms with Crippen LogP contribution in [0.5, 0.6) is 0 Å². The fraction of sp³-hybridized carbons (Fsp3) is 0.667. The highest BCUT2D eigenvalue weighted by atomic mass is 16.2. The number of aromatic amines is 1. The highest BCUT2D eigenvalue weighted by Crippen LogP contribution is 1.93. The maximum Gasteiger partial charge on any atom is 0.290 e. The predicted octanol–water partition coefficient (Wildman–Crippen LogP) is 0.897. The monoisotopic (exact) mass is 196 g/mol. The molecule has 0 radical (unpaired) electrons. The Labute approximate surface area is 83.3 Å². The van der Waals surface area contributed by atoms with E-state index in [1.165, 1.54) is 0 Å². The van der Waals surface area contributed by atoms with E-state index in [-0.39, 0.29) is 11.7 Å². The van der Waals surface area contributed by atoms with E-state index in [0.717, 1.165) is 25.1 Å². The molecule has 0 unspecified atom stereocenters. The van der Waals surface area contributed by atoms with Gasteiger partial charge in [-0.25, -0.2) is 4.98 Å². The van der Waals surface area contributed by atoms with E-state index in [2.05, 4.69) is 27.4 Å². The molecular formula is C9H16N4O. The van der Waals surface area contributed by atoms with Crippen LogP contribution in [0.25, 0.3) is 0 Å². The number of carbonyl (C=O) groups excluding carboxylic acids is 1. The van der Waals surface area contributed by atoms with Gasteiger partial charge in [-0.3, -0.25) is 9.89 Å². The molecule has 1 rings (SSSR count). The van der Waals surface area contributed by atoms with Crippen LogP contribution in [0.3, 0.4) is 0 Å². The fourth-order valence-electron chi connectivity index (χ4n) is 1.01. The highest BCUT2D eigenvalue weighted by Gasteiger charge is 2.10. The summed E-state index contributed by atoms with van der Waals surface area (Å²) in [6.45, 7) is 4.72. The Morgan fingerprint density at radius 3 is 2.86 bits per heavy atom. The Kier molecular flexibility index (Phi) is 4.10. The molecule has 0 aliphatic carbocycles. The molecule has 0 saturated carbocycles. The van der Waals surface area contributed by atoms with Gasteiger partial charge in [0.05, 0.1) is 0 Å². The standard InChI is InChI=1S/C9H16N4O/c1-3-5-6-10-9(14)8-11-7(4-2)12-13-8/h3-6H2,1-2H3,(H,10,14)(H,11,12,13). The normalized spacial score (nSPS) is 10.1. The molecule has 0 aromatic carbocycles. The number of hydrogen-bond donors (Lipinski definition) is 2. The summed E-state index contributed by atoms with van der Waals surface area (Å²) in [5, 5.41) is 9.28. The summed E-state index contributed by atoms with van der Waals surface area (Å²) in [7, 11) is 0. The number of rotatable bonds is 5. The molecular weight excluding hydrogens is 180 g/mol. The van der Waals surface area contributed by atoms with Crippen molar-refractivity contribution in [3.05, 3.63) is 11.6 Å². The lowest BCUT2D eigenvalue weighted by atomic mass is 10.3. The summed E-state index contributed by atoms with van der Waals surface area (Å²) >= 11 is 0. The molecule has 1 aromatic heterocycles. The third-order valence-electron chi connectivity index (χ3n) is 1.89. The molecule has 5 nitrogen and oxygen atoms in total. The molecule has 0 fully saturated rings. The van der Waals surface area contributed by atoms with Crippen LogP contribution in [-0.4, -0.2) is 27.6 Å². The predicted molar refractivity (Wildman–Crippen MR) is 53.0 cm³/mol. The van der Waals surface area contributed by atoms with Crippen molar-refractivity contribution in [2.75, 3.05) is 6.54 Å². The minimum atomic E-state index is -0.200. The van der Waals surface area contributed by atoms with E-state index in [1.807, 2.05) is 6.92 Å². The molecule has 1 aromatic rings. The molecule has 1 amide bonds. The number of nitrogens with zero attached hydrogens (tertiary/aromatic N) is 2. The molecule has 5 heteroatoms. The van der Waals surface area contributed by atoms with Crippen molar-refractivity contribution in [3.8, 4) is 0 Å². The third-order valence-corrected chi connectivity index (χ3v) is 1.89. The first-order valence-electron chi connectivity index (χ1n) is 4.97. The Balaban J connectivity index is 2.44. The molecule has 0 aliphatic rings. The Morgan fingerprint density at radius 1 is 1.50 bits per heavy atom. The Morgan fingerprint density at radius 2 is 2.29 bits per heavy atom. The summed E-state index contributed by atoms with van der Waals surface area (Å²) in [5.74, 6) is 0.776. The number of carbonyl (C=O) groups is 1. The van der Waals surface area contributed by atoms with Gasteiger partial charge in [-0.05, 0) is 6.42 Å². The topological polar surface area (TPSA) is 70.7 Å². The van der Waals surface area contributed by atoms with Crippen molar-refractivity contribution >= 4 is 5.91 Å². The zero-order valence-electron chi connectivity index (χ0n) is 8.63. The van der Waals surface area contributed by atoms with E-state index >= 15 is 0 Å². The van der Waals surface area contributed by atoms with Gasteiger partial charge in [-0.2, -0.15) is 0 Å². The van der Waals surface area contributed by atoms with Crippen molar-refractivity contribution in [3.63, 3.8) is 0 Å². The largest absolute Gasteiger partial charge is 0.349 e. The molecule has 2 N–H and O–H groups in total. The van der Waals surface area contributed by atoms with E-state index in [9.17, 15) is 4.79 Å². The van der Waals surface area contributed by atoms with Crippen molar-refractivity contribution < 1.29 is 4.79 Å². The van der Waals surface area contributed by atoms with Gasteiger partial charge in [0, 0.05) is 13.0 Å². The fourth-order valence-corrected chi connectivity index (χ4v) is 1.01. The van der Waals surface area contributed by atoms with Crippen LogP contribution >= 0.6 is 0 Å². The van der Waals surface area contributed by atoms with Crippen LogP contribution in [0, 0.1) is 0 Å². The number of amides is 1. The summed E-state index contributed by atoms with van der Waals surface area (Å²) in [4.78, 5) is 15.4.